The van der Waals surface area contributed by atoms with Crippen LogP contribution in [0.25, 0.3) is 0 Å². The quantitative estimate of drug-likeness (QED) is 0.565. The third-order valence-electron chi connectivity index (χ3n) is 4.35. The third-order valence-corrected chi connectivity index (χ3v) is 4.35. The highest BCUT2D eigenvalue weighted by Crippen LogP contribution is 2.38. The summed E-state index contributed by atoms with van der Waals surface area (Å²) in [5.41, 5.74) is 0.444. The lowest BCUT2D eigenvalue weighted by atomic mass is 10.0. The highest BCUT2D eigenvalue weighted by Gasteiger charge is 2.37. The summed E-state index contributed by atoms with van der Waals surface area (Å²) >= 11 is 0. The van der Waals surface area contributed by atoms with Crippen molar-refractivity contribution in [2.24, 2.45) is 5.92 Å². The molecule has 0 saturated carbocycles. The van der Waals surface area contributed by atoms with Gasteiger partial charge in [0.15, 0.2) is 6.10 Å². The van der Waals surface area contributed by atoms with Gasteiger partial charge in [-0.05, 0) is 25.1 Å². The number of ether oxygens (including phenoxy) is 1. The molecule has 1 aliphatic heterocycles. The lowest BCUT2D eigenvalue weighted by Crippen LogP contribution is -2.50. The van der Waals surface area contributed by atoms with Crippen LogP contribution >= 0.6 is 0 Å². The minimum absolute atomic E-state index is 0.0248. The second-order valence-electron chi connectivity index (χ2n) is 6.21. The molecule has 0 saturated heterocycles. The normalized spacial score (nSPS) is 17.2. The maximum atomic E-state index is 12.8. The molecule has 24 heavy (non-hydrogen) atoms. The van der Waals surface area contributed by atoms with Gasteiger partial charge in [-0.1, -0.05) is 27.7 Å². The van der Waals surface area contributed by atoms with Crippen molar-refractivity contribution in [1.29, 1.82) is 0 Å². The molecule has 1 aromatic rings. The molecule has 0 bridgehead atoms. The Morgan fingerprint density at radius 2 is 2.00 bits per heavy atom. The Hall–Kier alpha value is -2.15. The van der Waals surface area contributed by atoms with Crippen LogP contribution in [-0.4, -0.2) is 48.0 Å². The van der Waals surface area contributed by atoms with Crippen molar-refractivity contribution in [3.63, 3.8) is 0 Å². The van der Waals surface area contributed by atoms with E-state index in [2.05, 4.69) is 18.7 Å². The first-order valence-electron chi connectivity index (χ1n) is 8.37. The van der Waals surface area contributed by atoms with E-state index < -0.39 is 11.0 Å². The van der Waals surface area contributed by atoms with Crippen molar-refractivity contribution in [3.8, 4) is 5.75 Å². The number of carbonyl (C=O) groups is 1. The maximum Gasteiger partial charge on any atom is 0.271 e. The van der Waals surface area contributed by atoms with E-state index in [0.717, 1.165) is 13.1 Å². The number of hydrogen-bond acceptors (Lipinski definition) is 5. The number of carbonyl (C=O) groups excluding carboxylic acids is 1. The van der Waals surface area contributed by atoms with E-state index in [1.165, 1.54) is 12.1 Å². The first-order valence-corrected chi connectivity index (χ1v) is 8.37. The Bertz CT molecular complexity index is 614. The minimum atomic E-state index is -0.560. The van der Waals surface area contributed by atoms with Gasteiger partial charge in [0.2, 0.25) is 0 Å². The van der Waals surface area contributed by atoms with Crippen LogP contribution in [0.3, 0.4) is 0 Å². The summed E-state index contributed by atoms with van der Waals surface area (Å²) in [6, 6.07) is 4.42. The molecule has 1 atom stereocenters. The molecule has 0 aliphatic carbocycles. The van der Waals surface area contributed by atoms with Crippen LogP contribution in [0.15, 0.2) is 18.2 Å². The van der Waals surface area contributed by atoms with Gasteiger partial charge in [-0.2, -0.15) is 0 Å². The van der Waals surface area contributed by atoms with Crippen LogP contribution in [0.5, 0.6) is 5.75 Å². The maximum absolute atomic E-state index is 12.8. The molecule has 1 amide bonds. The molecule has 0 N–H and O–H groups in total. The molecule has 1 unspecified atom stereocenters. The van der Waals surface area contributed by atoms with Crippen molar-refractivity contribution < 1.29 is 14.5 Å². The van der Waals surface area contributed by atoms with Crippen molar-refractivity contribution in [2.75, 3.05) is 31.1 Å². The smallest absolute Gasteiger partial charge is 0.271 e. The first-order chi connectivity index (χ1) is 11.4. The van der Waals surface area contributed by atoms with Crippen molar-refractivity contribution in [3.05, 3.63) is 28.3 Å². The number of rotatable bonds is 7. The SMILES string of the molecule is CCN(CC)CCN1C(=O)C(C(C)C)Oc2ccc([N+](=O)[O-])cc21. The highest BCUT2D eigenvalue weighted by molar-refractivity contribution is 6.00. The number of nitro groups is 1. The fraction of sp³-hybridized carbons (Fsp3) is 0.588. The molecular weight excluding hydrogens is 310 g/mol. The van der Waals surface area contributed by atoms with Gasteiger partial charge in [0.05, 0.1) is 10.6 Å². The van der Waals surface area contributed by atoms with Gasteiger partial charge in [0.25, 0.3) is 11.6 Å². The zero-order valence-corrected chi connectivity index (χ0v) is 14.7. The van der Waals surface area contributed by atoms with Gasteiger partial charge in [0, 0.05) is 25.2 Å². The predicted molar refractivity (Wildman–Crippen MR) is 92.5 cm³/mol. The van der Waals surface area contributed by atoms with Crippen LogP contribution in [0.1, 0.15) is 27.7 Å². The van der Waals surface area contributed by atoms with Gasteiger partial charge in [-0.3, -0.25) is 14.9 Å². The lowest BCUT2D eigenvalue weighted by molar-refractivity contribution is -0.384. The number of nitrogens with zero attached hydrogens (tertiary/aromatic N) is 3. The second kappa shape index (κ2) is 7.61. The van der Waals surface area contributed by atoms with Crippen LogP contribution in [0.2, 0.25) is 0 Å². The average molecular weight is 335 g/mol. The van der Waals surface area contributed by atoms with Crippen molar-refractivity contribution in [1.82, 2.24) is 4.90 Å². The molecule has 0 radical (unpaired) electrons. The molecule has 0 aromatic heterocycles. The van der Waals surface area contributed by atoms with E-state index in [9.17, 15) is 14.9 Å². The number of hydrogen-bond donors (Lipinski definition) is 0. The number of benzene rings is 1. The molecule has 132 valence electrons. The van der Waals surface area contributed by atoms with Gasteiger partial charge in [-0.25, -0.2) is 0 Å². The monoisotopic (exact) mass is 335 g/mol. The fourth-order valence-corrected chi connectivity index (χ4v) is 2.82. The molecular formula is C17H25N3O4. The van der Waals surface area contributed by atoms with Gasteiger partial charge in [-0.15, -0.1) is 0 Å². The molecule has 0 spiro atoms. The number of anilines is 1. The predicted octanol–water partition coefficient (Wildman–Crippen LogP) is 2.69. The van der Waals surface area contributed by atoms with Gasteiger partial charge in [0.1, 0.15) is 5.75 Å². The summed E-state index contributed by atoms with van der Waals surface area (Å²) in [6.45, 7) is 11.0. The van der Waals surface area contributed by atoms with Gasteiger partial charge < -0.3 is 14.5 Å². The van der Waals surface area contributed by atoms with E-state index in [4.69, 9.17) is 4.74 Å². The van der Waals surface area contributed by atoms with Crippen LogP contribution in [0, 0.1) is 16.0 Å². The number of fused-ring (bicyclic) bond motifs is 1. The Balaban J connectivity index is 2.36. The minimum Gasteiger partial charge on any atom is -0.478 e. The Morgan fingerprint density at radius 1 is 1.33 bits per heavy atom. The van der Waals surface area contributed by atoms with Crippen LogP contribution in [-0.2, 0) is 4.79 Å². The summed E-state index contributed by atoms with van der Waals surface area (Å²) in [4.78, 5) is 27.3. The lowest BCUT2D eigenvalue weighted by Gasteiger charge is -2.36. The van der Waals surface area contributed by atoms with Crippen LogP contribution < -0.4 is 9.64 Å². The number of non-ortho nitro benzene ring substituents is 1. The van der Waals surface area contributed by atoms with E-state index in [-0.39, 0.29) is 17.5 Å². The number of amides is 1. The number of nitro benzene ring substituents is 1. The molecule has 7 heteroatoms. The molecule has 1 aromatic carbocycles. The van der Waals surface area contributed by atoms with E-state index in [1.54, 1.807) is 11.0 Å². The summed E-state index contributed by atoms with van der Waals surface area (Å²) in [5.74, 6) is 0.417. The third kappa shape index (κ3) is 3.67. The summed E-state index contributed by atoms with van der Waals surface area (Å²) in [7, 11) is 0. The zero-order chi connectivity index (χ0) is 17.9. The number of likely N-dealkylation sites (N-methyl/N-ethyl adjacent to an activating group) is 1. The summed E-state index contributed by atoms with van der Waals surface area (Å²) in [5, 5.41) is 11.1. The molecule has 1 aliphatic rings. The molecule has 0 fully saturated rings. The Morgan fingerprint density at radius 3 is 2.54 bits per heavy atom. The topological polar surface area (TPSA) is 75.9 Å². The van der Waals surface area contributed by atoms with Crippen molar-refractivity contribution >= 4 is 17.3 Å². The van der Waals surface area contributed by atoms with Crippen molar-refractivity contribution in [2.45, 2.75) is 33.8 Å². The summed E-state index contributed by atoms with van der Waals surface area (Å²) in [6.07, 6.45) is -0.560. The van der Waals surface area contributed by atoms with Gasteiger partial charge >= 0.3 is 0 Å². The summed E-state index contributed by atoms with van der Waals surface area (Å²) < 4.78 is 5.80. The van der Waals surface area contributed by atoms with E-state index >= 15 is 0 Å². The molecule has 2 rings (SSSR count). The molecule has 7 nitrogen and oxygen atoms in total. The highest BCUT2D eigenvalue weighted by atomic mass is 16.6. The van der Waals surface area contributed by atoms with E-state index in [0.29, 0.717) is 24.5 Å². The largest absolute Gasteiger partial charge is 0.478 e. The van der Waals surface area contributed by atoms with E-state index in [1.807, 2.05) is 13.8 Å². The standard InChI is InChI=1S/C17H25N3O4/c1-5-18(6-2)9-10-19-14-11-13(20(22)23)7-8-15(14)24-16(12(3)4)17(19)21/h7-8,11-12,16H,5-6,9-10H2,1-4H3. The fourth-order valence-electron chi connectivity index (χ4n) is 2.82. The zero-order valence-electron chi connectivity index (χ0n) is 14.7. The Kier molecular flexibility index (Phi) is 5.77. The second-order valence-corrected chi connectivity index (χ2v) is 6.21. The average Bonchev–Trinajstić information content (AvgIpc) is 2.56. The molecule has 1 heterocycles. The Labute approximate surface area is 142 Å². The first kappa shape index (κ1) is 18.2. The van der Waals surface area contributed by atoms with Crippen LogP contribution in [0.4, 0.5) is 11.4 Å².